The minimum absolute atomic E-state index is 0.654. The number of methoxy groups -OCH3 is 2. The van der Waals surface area contributed by atoms with Gasteiger partial charge in [0.2, 0.25) is 0 Å². The molecule has 0 amide bonds. The summed E-state index contributed by atoms with van der Waals surface area (Å²) in [7, 11) is 3.26. The van der Waals surface area contributed by atoms with Crippen LogP contribution in [-0.4, -0.2) is 25.7 Å². The number of nitrogens with two attached hydrogens (primary N) is 1. The maximum absolute atomic E-state index is 6.12. The number of rotatable bonds is 4. The fourth-order valence-corrected chi connectivity index (χ4v) is 2.87. The Kier molecular flexibility index (Phi) is 3.56. The predicted octanol–water partition coefficient (Wildman–Crippen LogP) is 2.24. The molecule has 2 N–H and O–H groups in total. The molecule has 5 nitrogen and oxygen atoms in total. The first-order valence-electron chi connectivity index (χ1n) is 6.92. The Labute approximate surface area is 124 Å². The normalized spacial score (nSPS) is 13.1. The summed E-state index contributed by atoms with van der Waals surface area (Å²) >= 11 is 0. The molecule has 0 aliphatic carbocycles. The van der Waals surface area contributed by atoms with Crippen molar-refractivity contribution in [2.45, 2.75) is 13.0 Å². The average Bonchev–Trinajstić information content (AvgIpc) is 2.91. The first-order valence-corrected chi connectivity index (χ1v) is 6.92. The Bertz CT molecular complexity index is 658. The van der Waals surface area contributed by atoms with Crippen LogP contribution in [0.5, 0.6) is 11.5 Å². The molecule has 1 aliphatic rings. The third-order valence-corrected chi connectivity index (χ3v) is 3.82. The molecule has 0 unspecified atom stereocenters. The predicted molar refractivity (Wildman–Crippen MR) is 82.9 cm³/mol. The minimum Gasteiger partial charge on any atom is -0.493 e. The second kappa shape index (κ2) is 5.52. The highest BCUT2D eigenvalue weighted by Crippen LogP contribution is 2.36. The summed E-state index contributed by atoms with van der Waals surface area (Å²) in [6.07, 6.45) is 2.74. The van der Waals surface area contributed by atoms with Crippen LogP contribution in [0.2, 0.25) is 0 Å². The Balaban J connectivity index is 1.93. The van der Waals surface area contributed by atoms with E-state index in [0.717, 1.165) is 30.0 Å². The highest BCUT2D eigenvalue weighted by atomic mass is 16.5. The lowest BCUT2D eigenvalue weighted by Gasteiger charge is -2.22. The van der Waals surface area contributed by atoms with Crippen molar-refractivity contribution in [3.8, 4) is 11.5 Å². The zero-order valence-electron chi connectivity index (χ0n) is 12.3. The van der Waals surface area contributed by atoms with Gasteiger partial charge in [0.25, 0.3) is 0 Å². The lowest BCUT2D eigenvalue weighted by atomic mass is 10.1. The van der Waals surface area contributed by atoms with Crippen LogP contribution >= 0.6 is 0 Å². The summed E-state index contributed by atoms with van der Waals surface area (Å²) in [4.78, 5) is 6.68. The topological polar surface area (TPSA) is 60.6 Å². The van der Waals surface area contributed by atoms with Crippen LogP contribution in [0.25, 0.3) is 0 Å². The Morgan fingerprint density at radius 1 is 1.24 bits per heavy atom. The van der Waals surface area contributed by atoms with Crippen LogP contribution in [0.3, 0.4) is 0 Å². The molecule has 0 atom stereocenters. The van der Waals surface area contributed by atoms with Gasteiger partial charge in [-0.1, -0.05) is 12.1 Å². The van der Waals surface area contributed by atoms with Gasteiger partial charge < -0.3 is 20.1 Å². The molecule has 0 spiro atoms. The third-order valence-electron chi connectivity index (χ3n) is 3.82. The van der Waals surface area contributed by atoms with Gasteiger partial charge in [-0.15, -0.1) is 0 Å². The molecule has 2 aromatic rings. The summed E-state index contributed by atoms with van der Waals surface area (Å²) in [5.74, 6) is 1.38. The van der Waals surface area contributed by atoms with Crippen molar-refractivity contribution in [3.63, 3.8) is 0 Å². The summed E-state index contributed by atoms with van der Waals surface area (Å²) in [6.45, 7) is 1.59. The number of hydrogen-bond acceptors (Lipinski definition) is 5. The zero-order valence-corrected chi connectivity index (χ0v) is 12.3. The van der Waals surface area contributed by atoms with Crippen LogP contribution in [0.15, 0.2) is 30.5 Å². The summed E-state index contributed by atoms with van der Waals surface area (Å²) in [5, 5.41) is 0. The molecular weight excluding hydrogens is 266 g/mol. The van der Waals surface area contributed by atoms with Crippen LogP contribution < -0.4 is 20.1 Å². The summed E-state index contributed by atoms with van der Waals surface area (Å²) < 4.78 is 10.8. The van der Waals surface area contributed by atoms with Crippen LogP contribution in [0.4, 0.5) is 11.4 Å². The highest BCUT2D eigenvalue weighted by Gasteiger charge is 2.23. The van der Waals surface area contributed by atoms with Gasteiger partial charge in [-0.05, 0) is 18.1 Å². The van der Waals surface area contributed by atoms with E-state index < -0.39 is 0 Å². The summed E-state index contributed by atoms with van der Waals surface area (Å²) in [5.41, 5.74) is 10.2. The molecule has 0 saturated heterocycles. The number of nitrogens with zero attached hydrogens (tertiary/aromatic N) is 2. The Morgan fingerprint density at radius 3 is 2.86 bits per heavy atom. The quantitative estimate of drug-likeness (QED) is 0.873. The number of nitrogen functional groups attached to an aromatic ring is 1. The average molecular weight is 285 g/mol. The van der Waals surface area contributed by atoms with Gasteiger partial charge in [0.05, 0.1) is 32.1 Å². The Morgan fingerprint density at radius 2 is 2.10 bits per heavy atom. The van der Waals surface area contributed by atoms with E-state index in [1.54, 1.807) is 26.5 Å². The number of aromatic nitrogens is 1. The van der Waals surface area contributed by atoms with Crippen molar-refractivity contribution >= 4 is 11.4 Å². The molecule has 1 aromatic carbocycles. The van der Waals surface area contributed by atoms with Gasteiger partial charge in [-0.25, -0.2) is 0 Å². The molecule has 21 heavy (non-hydrogen) atoms. The van der Waals surface area contributed by atoms with E-state index in [1.165, 1.54) is 5.56 Å². The molecule has 0 fully saturated rings. The number of anilines is 2. The first-order chi connectivity index (χ1) is 10.2. The standard InChI is InChI=1S/C16H19N3O2/c1-20-14-6-8-18-13(16(14)21-2)10-19-9-7-11-4-3-5-12(17)15(11)19/h3-6,8H,7,9-10,17H2,1-2H3. The van der Waals surface area contributed by atoms with Crippen LogP contribution in [0.1, 0.15) is 11.3 Å². The molecule has 1 aromatic heterocycles. The van der Waals surface area contributed by atoms with E-state index in [0.29, 0.717) is 18.0 Å². The van der Waals surface area contributed by atoms with Crippen molar-refractivity contribution < 1.29 is 9.47 Å². The number of pyridine rings is 1. The minimum atomic E-state index is 0.654. The maximum atomic E-state index is 6.12. The number of benzene rings is 1. The number of hydrogen-bond donors (Lipinski definition) is 1. The van der Waals surface area contributed by atoms with Crippen molar-refractivity contribution in [1.82, 2.24) is 4.98 Å². The van der Waals surface area contributed by atoms with E-state index in [2.05, 4.69) is 16.0 Å². The van der Waals surface area contributed by atoms with Gasteiger partial charge in [0, 0.05) is 18.8 Å². The molecule has 0 bridgehead atoms. The molecule has 5 heteroatoms. The maximum Gasteiger partial charge on any atom is 0.184 e. The summed E-state index contributed by atoms with van der Waals surface area (Å²) in [6, 6.07) is 7.87. The molecule has 2 heterocycles. The molecule has 1 aliphatic heterocycles. The van der Waals surface area contributed by atoms with E-state index in [4.69, 9.17) is 15.2 Å². The van der Waals surface area contributed by atoms with E-state index in [-0.39, 0.29) is 0 Å². The number of fused-ring (bicyclic) bond motifs is 1. The van der Waals surface area contributed by atoms with E-state index in [1.807, 2.05) is 12.1 Å². The zero-order chi connectivity index (χ0) is 14.8. The number of para-hydroxylation sites is 1. The molecule has 110 valence electrons. The van der Waals surface area contributed by atoms with Crippen LogP contribution in [0, 0.1) is 0 Å². The largest absolute Gasteiger partial charge is 0.493 e. The van der Waals surface area contributed by atoms with Crippen LogP contribution in [-0.2, 0) is 13.0 Å². The second-order valence-corrected chi connectivity index (χ2v) is 5.02. The molecular formula is C16H19N3O2. The highest BCUT2D eigenvalue weighted by molar-refractivity contribution is 5.74. The molecule has 0 saturated carbocycles. The molecule has 0 radical (unpaired) electrons. The molecule has 3 rings (SSSR count). The van der Waals surface area contributed by atoms with E-state index >= 15 is 0 Å². The van der Waals surface area contributed by atoms with Gasteiger partial charge in [-0.3, -0.25) is 4.98 Å². The lowest BCUT2D eigenvalue weighted by Crippen LogP contribution is -2.21. The number of ether oxygens (including phenoxy) is 2. The van der Waals surface area contributed by atoms with Gasteiger partial charge in [0.15, 0.2) is 11.5 Å². The fraction of sp³-hybridized carbons (Fsp3) is 0.312. The first kappa shape index (κ1) is 13.5. The lowest BCUT2D eigenvalue weighted by molar-refractivity contribution is 0.349. The van der Waals surface area contributed by atoms with Crippen molar-refractivity contribution in [3.05, 3.63) is 41.7 Å². The fourth-order valence-electron chi connectivity index (χ4n) is 2.87. The van der Waals surface area contributed by atoms with Gasteiger partial charge in [0.1, 0.15) is 5.69 Å². The third kappa shape index (κ3) is 2.35. The van der Waals surface area contributed by atoms with Gasteiger partial charge in [-0.2, -0.15) is 0 Å². The Hall–Kier alpha value is -2.43. The van der Waals surface area contributed by atoms with Crippen molar-refractivity contribution in [1.29, 1.82) is 0 Å². The van der Waals surface area contributed by atoms with E-state index in [9.17, 15) is 0 Å². The second-order valence-electron chi connectivity index (χ2n) is 5.02. The SMILES string of the molecule is COc1ccnc(CN2CCc3cccc(N)c32)c1OC. The van der Waals surface area contributed by atoms with Crippen molar-refractivity contribution in [2.75, 3.05) is 31.4 Å². The monoisotopic (exact) mass is 285 g/mol. The smallest absolute Gasteiger partial charge is 0.184 e. The van der Waals surface area contributed by atoms with Gasteiger partial charge >= 0.3 is 0 Å². The van der Waals surface area contributed by atoms with Crippen molar-refractivity contribution in [2.24, 2.45) is 0 Å².